The van der Waals surface area contributed by atoms with Crippen molar-refractivity contribution in [2.24, 2.45) is 0 Å². The molecule has 1 aliphatic heterocycles. The summed E-state index contributed by atoms with van der Waals surface area (Å²) in [5, 5.41) is 12.6. The van der Waals surface area contributed by atoms with Crippen LogP contribution >= 0.6 is 11.3 Å². The molecule has 4 heterocycles. The number of carbonyl (C=O) groups excluding carboxylic acids is 1. The van der Waals surface area contributed by atoms with Gasteiger partial charge in [-0.3, -0.25) is 14.2 Å². The topological polar surface area (TPSA) is 82.2 Å². The van der Waals surface area contributed by atoms with Crippen molar-refractivity contribution in [2.75, 3.05) is 31.1 Å². The third-order valence-electron chi connectivity index (χ3n) is 5.90. The van der Waals surface area contributed by atoms with Crippen LogP contribution in [-0.4, -0.2) is 46.5 Å². The minimum absolute atomic E-state index is 0.0231. The molecule has 3 aromatic heterocycles. The molecule has 0 unspecified atom stereocenters. The number of hydrogen-bond donors (Lipinski definition) is 0. The van der Waals surface area contributed by atoms with Gasteiger partial charge < -0.3 is 9.80 Å². The van der Waals surface area contributed by atoms with Crippen molar-refractivity contribution in [2.45, 2.75) is 6.54 Å². The number of nitrogens with zero attached hydrogens (tertiary/aromatic N) is 5. The van der Waals surface area contributed by atoms with E-state index >= 15 is 0 Å². The third kappa shape index (κ3) is 3.88. The number of amides is 1. The molecule has 4 aromatic rings. The molecule has 0 atom stereocenters. The molecule has 164 valence electrons. The van der Waals surface area contributed by atoms with Crippen molar-refractivity contribution in [1.29, 1.82) is 5.26 Å². The first-order valence-electron chi connectivity index (χ1n) is 10.7. The van der Waals surface area contributed by atoms with Crippen molar-refractivity contribution in [1.82, 2.24) is 14.5 Å². The zero-order valence-corrected chi connectivity index (χ0v) is 18.7. The molecule has 0 radical (unpaired) electrons. The lowest BCUT2D eigenvalue weighted by atomic mass is 10.1. The van der Waals surface area contributed by atoms with Crippen molar-refractivity contribution in [3.63, 3.8) is 0 Å². The average Bonchev–Trinajstić information content (AvgIpc) is 3.41. The molecule has 0 saturated carbocycles. The summed E-state index contributed by atoms with van der Waals surface area (Å²) in [6.45, 7) is 2.47. The highest BCUT2D eigenvalue weighted by atomic mass is 32.1. The van der Waals surface area contributed by atoms with Crippen LogP contribution in [0.2, 0.25) is 0 Å². The number of carbonyl (C=O) groups is 1. The molecular formula is C25H21N5O2S. The predicted molar refractivity (Wildman–Crippen MR) is 129 cm³/mol. The normalized spacial score (nSPS) is 13.8. The van der Waals surface area contributed by atoms with Crippen LogP contribution in [0.4, 0.5) is 5.69 Å². The van der Waals surface area contributed by atoms with Gasteiger partial charge in [-0.25, -0.2) is 4.98 Å². The fraction of sp³-hybridized carbons (Fsp3) is 0.200. The van der Waals surface area contributed by atoms with Crippen LogP contribution in [0.15, 0.2) is 71.0 Å². The van der Waals surface area contributed by atoms with Crippen LogP contribution in [0.25, 0.3) is 11.0 Å². The van der Waals surface area contributed by atoms with Gasteiger partial charge in [-0.15, -0.1) is 11.3 Å². The molecule has 0 spiro atoms. The van der Waals surface area contributed by atoms with E-state index in [9.17, 15) is 14.9 Å². The van der Waals surface area contributed by atoms with Gasteiger partial charge in [0.15, 0.2) is 0 Å². The Morgan fingerprint density at radius 3 is 2.52 bits per heavy atom. The van der Waals surface area contributed by atoms with E-state index in [1.807, 2.05) is 69.8 Å². The number of anilines is 1. The van der Waals surface area contributed by atoms with Gasteiger partial charge in [0.25, 0.3) is 11.5 Å². The second-order valence-electron chi connectivity index (χ2n) is 7.84. The number of fused-ring (bicyclic) bond motifs is 1. The highest BCUT2D eigenvalue weighted by Crippen LogP contribution is 2.29. The number of aromatic nitrogens is 2. The van der Waals surface area contributed by atoms with E-state index in [1.54, 1.807) is 10.8 Å². The fourth-order valence-corrected chi connectivity index (χ4v) is 4.99. The number of benzene rings is 1. The van der Waals surface area contributed by atoms with Crippen LogP contribution in [0.3, 0.4) is 0 Å². The lowest BCUT2D eigenvalue weighted by Crippen LogP contribution is -2.49. The van der Waals surface area contributed by atoms with Crippen molar-refractivity contribution in [3.8, 4) is 6.07 Å². The monoisotopic (exact) mass is 455 g/mol. The van der Waals surface area contributed by atoms with E-state index in [1.165, 1.54) is 11.3 Å². The number of nitriles is 1. The van der Waals surface area contributed by atoms with E-state index in [4.69, 9.17) is 0 Å². The molecule has 0 bridgehead atoms. The summed E-state index contributed by atoms with van der Waals surface area (Å²) in [6, 6.07) is 19.3. The quantitative estimate of drug-likeness (QED) is 0.471. The Labute approximate surface area is 194 Å². The zero-order valence-electron chi connectivity index (χ0n) is 17.8. The first-order valence-corrected chi connectivity index (χ1v) is 11.6. The molecule has 1 aliphatic rings. The summed E-state index contributed by atoms with van der Waals surface area (Å²) >= 11 is 1.43. The van der Waals surface area contributed by atoms with E-state index < -0.39 is 0 Å². The van der Waals surface area contributed by atoms with Gasteiger partial charge in [-0.1, -0.05) is 36.4 Å². The zero-order chi connectivity index (χ0) is 22.8. The highest BCUT2D eigenvalue weighted by Gasteiger charge is 2.27. The second kappa shape index (κ2) is 8.88. The van der Waals surface area contributed by atoms with Crippen LogP contribution < -0.4 is 10.5 Å². The molecule has 33 heavy (non-hydrogen) atoms. The Morgan fingerprint density at radius 2 is 1.82 bits per heavy atom. The number of pyridine rings is 2. The Balaban J connectivity index is 1.52. The van der Waals surface area contributed by atoms with E-state index in [2.05, 4.69) is 11.1 Å². The maximum atomic E-state index is 13.4. The van der Waals surface area contributed by atoms with Gasteiger partial charge in [0.05, 0.1) is 17.1 Å². The smallest absolute Gasteiger partial charge is 0.272 e. The summed E-state index contributed by atoms with van der Waals surface area (Å²) in [4.78, 5) is 35.2. The summed E-state index contributed by atoms with van der Waals surface area (Å²) in [7, 11) is 0. The number of hydrogen-bond acceptors (Lipinski definition) is 6. The summed E-state index contributed by atoms with van der Waals surface area (Å²) < 4.78 is 1.57. The molecule has 1 amide bonds. The SMILES string of the molecule is N#Cc1c(N2CCN(C(=O)c3cccs3)CC2)c2cccnc2n(Cc2ccccc2)c1=O. The summed E-state index contributed by atoms with van der Waals surface area (Å²) in [5.74, 6) is 0.0231. The lowest BCUT2D eigenvalue weighted by molar-refractivity contribution is 0.0751. The minimum Gasteiger partial charge on any atom is -0.366 e. The second-order valence-corrected chi connectivity index (χ2v) is 8.79. The molecule has 1 fully saturated rings. The first-order chi connectivity index (χ1) is 16.2. The molecule has 0 N–H and O–H groups in total. The number of piperazine rings is 1. The molecular weight excluding hydrogens is 434 g/mol. The lowest BCUT2D eigenvalue weighted by Gasteiger charge is -2.36. The molecule has 5 rings (SSSR count). The Bertz CT molecular complexity index is 1400. The Morgan fingerprint density at radius 1 is 1.03 bits per heavy atom. The first kappa shape index (κ1) is 20.9. The fourth-order valence-electron chi connectivity index (χ4n) is 4.30. The van der Waals surface area contributed by atoms with E-state index in [0.717, 1.165) is 15.8 Å². The third-order valence-corrected chi connectivity index (χ3v) is 6.76. The Kier molecular flexibility index (Phi) is 5.63. The van der Waals surface area contributed by atoms with Gasteiger partial charge in [0.1, 0.15) is 17.3 Å². The van der Waals surface area contributed by atoms with Crippen LogP contribution in [-0.2, 0) is 6.54 Å². The summed E-state index contributed by atoms with van der Waals surface area (Å²) in [5.41, 5.74) is 1.89. The van der Waals surface area contributed by atoms with E-state index in [-0.39, 0.29) is 17.0 Å². The predicted octanol–water partition coefficient (Wildman–Crippen LogP) is 3.34. The van der Waals surface area contributed by atoms with Gasteiger partial charge in [0, 0.05) is 37.8 Å². The van der Waals surface area contributed by atoms with Gasteiger partial charge in [-0.2, -0.15) is 5.26 Å². The molecule has 1 aromatic carbocycles. The maximum absolute atomic E-state index is 13.4. The molecule has 7 nitrogen and oxygen atoms in total. The minimum atomic E-state index is -0.348. The van der Waals surface area contributed by atoms with Crippen molar-refractivity contribution < 1.29 is 4.79 Å². The largest absolute Gasteiger partial charge is 0.366 e. The van der Waals surface area contributed by atoms with Crippen molar-refractivity contribution in [3.05, 3.63) is 92.5 Å². The van der Waals surface area contributed by atoms with E-state index in [0.29, 0.717) is 44.1 Å². The maximum Gasteiger partial charge on any atom is 0.272 e. The summed E-state index contributed by atoms with van der Waals surface area (Å²) in [6.07, 6.45) is 1.66. The van der Waals surface area contributed by atoms with Gasteiger partial charge in [-0.05, 0) is 29.1 Å². The number of rotatable bonds is 4. The highest BCUT2D eigenvalue weighted by molar-refractivity contribution is 7.12. The van der Waals surface area contributed by atoms with Crippen molar-refractivity contribution >= 4 is 34.0 Å². The molecule has 0 aliphatic carbocycles. The Hall–Kier alpha value is -3.96. The molecule has 8 heteroatoms. The standard InChI is InChI=1S/C25H21N5O2S/c26-16-20-22(28-11-13-29(14-12-28)25(32)21-9-5-15-33-21)19-8-4-10-27-23(19)30(24(20)31)17-18-6-2-1-3-7-18/h1-10,15H,11-14,17H2. The average molecular weight is 456 g/mol. The number of thiophene rings is 1. The van der Waals surface area contributed by atoms with Crippen LogP contribution in [0.5, 0.6) is 0 Å². The van der Waals surface area contributed by atoms with Crippen LogP contribution in [0, 0.1) is 11.3 Å². The van der Waals surface area contributed by atoms with Gasteiger partial charge >= 0.3 is 0 Å². The van der Waals surface area contributed by atoms with Gasteiger partial charge in [0.2, 0.25) is 0 Å². The van der Waals surface area contributed by atoms with Crippen LogP contribution in [0.1, 0.15) is 20.8 Å². The molecule has 1 saturated heterocycles.